The second-order valence-corrected chi connectivity index (χ2v) is 6.29. The highest BCUT2D eigenvalue weighted by atomic mass is 32.2. The lowest BCUT2D eigenvalue weighted by Crippen LogP contribution is -2.18. The summed E-state index contributed by atoms with van der Waals surface area (Å²) < 4.78 is 0. The van der Waals surface area contributed by atoms with Crippen LogP contribution < -0.4 is 5.56 Å². The summed E-state index contributed by atoms with van der Waals surface area (Å²) >= 11 is 1.95. The average molecular weight is 266 g/mol. The van der Waals surface area contributed by atoms with Crippen LogP contribution in [0.4, 0.5) is 0 Å². The third-order valence-electron chi connectivity index (χ3n) is 3.63. The zero-order valence-corrected chi connectivity index (χ0v) is 12.1. The molecule has 0 aliphatic heterocycles. The van der Waals surface area contributed by atoms with Crippen LogP contribution in [0.15, 0.2) is 4.79 Å². The van der Waals surface area contributed by atoms with Gasteiger partial charge in [0.25, 0.3) is 5.56 Å². The Morgan fingerprint density at radius 2 is 2.06 bits per heavy atom. The molecule has 18 heavy (non-hydrogen) atoms. The molecule has 1 heterocycles. The van der Waals surface area contributed by atoms with E-state index in [1.807, 2.05) is 25.6 Å². The van der Waals surface area contributed by atoms with Crippen molar-refractivity contribution in [2.24, 2.45) is 0 Å². The van der Waals surface area contributed by atoms with Crippen LogP contribution in [0.3, 0.4) is 0 Å². The van der Waals surface area contributed by atoms with Gasteiger partial charge in [0.15, 0.2) is 0 Å². The number of thioether (sulfide) groups is 1. The first-order valence-corrected chi connectivity index (χ1v) is 7.96. The van der Waals surface area contributed by atoms with Crippen molar-refractivity contribution in [3.05, 3.63) is 27.4 Å². The minimum Gasteiger partial charge on any atom is -0.310 e. The minimum atomic E-state index is 0.0456. The van der Waals surface area contributed by atoms with E-state index in [2.05, 4.69) is 9.97 Å². The van der Waals surface area contributed by atoms with Gasteiger partial charge < -0.3 is 4.98 Å². The number of H-pyrrole nitrogens is 1. The third kappa shape index (κ3) is 3.37. The zero-order chi connectivity index (χ0) is 13.0. The van der Waals surface area contributed by atoms with Gasteiger partial charge in [0.05, 0.1) is 5.75 Å². The Labute approximate surface area is 113 Å². The van der Waals surface area contributed by atoms with Gasteiger partial charge in [0.2, 0.25) is 0 Å². The monoisotopic (exact) mass is 266 g/mol. The van der Waals surface area contributed by atoms with Gasteiger partial charge in [-0.05, 0) is 26.2 Å². The maximum absolute atomic E-state index is 11.8. The first-order chi connectivity index (χ1) is 8.70. The van der Waals surface area contributed by atoms with Crippen molar-refractivity contribution in [1.29, 1.82) is 0 Å². The van der Waals surface area contributed by atoms with Gasteiger partial charge in [0, 0.05) is 16.5 Å². The Kier molecular flexibility index (Phi) is 4.87. The molecule has 3 nitrogen and oxygen atoms in total. The number of hydrogen-bond acceptors (Lipinski definition) is 3. The molecule has 4 heteroatoms. The van der Waals surface area contributed by atoms with Crippen LogP contribution in [-0.4, -0.2) is 15.2 Å². The molecule has 2 rings (SSSR count). The number of aromatic amines is 1. The fraction of sp³-hybridized carbons (Fsp3) is 0.714. The lowest BCUT2D eigenvalue weighted by Gasteiger charge is -2.20. The topological polar surface area (TPSA) is 45.8 Å². The van der Waals surface area contributed by atoms with Crippen LogP contribution >= 0.6 is 11.8 Å². The molecule has 0 saturated heterocycles. The molecule has 0 unspecified atom stereocenters. The summed E-state index contributed by atoms with van der Waals surface area (Å²) in [7, 11) is 0. The Hall–Kier alpha value is -0.770. The largest absolute Gasteiger partial charge is 0.310 e. The van der Waals surface area contributed by atoms with Gasteiger partial charge in [-0.1, -0.05) is 26.2 Å². The normalized spacial score (nSPS) is 17.0. The highest BCUT2D eigenvalue weighted by Gasteiger charge is 2.14. The fourth-order valence-electron chi connectivity index (χ4n) is 2.58. The van der Waals surface area contributed by atoms with Gasteiger partial charge in [-0.3, -0.25) is 4.79 Å². The van der Waals surface area contributed by atoms with E-state index in [0.717, 1.165) is 34.5 Å². The molecule has 0 bridgehead atoms. The summed E-state index contributed by atoms with van der Waals surface area (Å²) in [4.78, 5) is 19.3. The highest BCUT2D eigenvalue weighted by molar-refractivity contribution is 7.99. The Morgan fingerprint density at radius 1 is 1.33 bits per heavy atom. The smallest absolute Gasteiger partial charge is 0.254 e. The molecular formula is C14H22N2OS. The fourth-order valence-corrected chi connectivity index (χ4v) is 3.78. The second-order valence-electron chi connectivity index (χ2n) is 5.00. The van der Waals surface area contributed by atoms with E-state index in [9.17, 15) is 4.79 Å². The lowest BCUT2D eigenvalue weighted by atomic mass is 10.0. The van der Waals surface area contributed by atoms with Crippen molar-refractivity contribution in [1.82, 2.24) is 9.97 Å². The summed E-state index contributed by atoms with van der Waals surface area (Å²) in [5.74, 6) is 1.68. The van der Waals surface area contributed by atoms with E-state index in [-0.39, 0.29) is 5.56 Å². The quantitative estimate of drug-likeness (QED) is 0.910. The van der Waals surface area contributed by atoms with Crippen LogP contribution in [0.25, 0.3) is 0 Å². The van der Waals surface area contributed by atoms with E-state index in [0.29, 0.717) is 0 Å². The van der Waals surface area contributed by atoms with Gasteiger partial charge in [-0.2, -0.15) is 11.8 Å². The average Bonchev–Trinajstić information content (AvgIpc) is 2.37. The van der Waals surface area contributed by atoms with E-state index in [1.165, 1.54) is 32.1 Å². The van der Waals surface area contributed by atoms with E-state index in [4.69, 9.17) is 0 Å². The van der Waals surface area contributed by atoms with Gasteiger partial charge >= 0.3 is 0 Å². The van der Waals surface area contributed by atoms with Crippen LogP contribution in [0.2, 0.25) is 0 Å². The molecule has 0 radical (unpaired) electrons. The summed E-state index contributed by atoms with van der Waals surface area (Å²) in [6.45, 7) is 3.93. The SMILES string of the molecule is CCc1c(C)nc(CSC2CCCCC2)[nH]c1=O. The lowest BCUT2D eigenvalue weighted by molar-refractivity contribution is 0.516. The van der Waals surface area contributed by atoms with E-state index in [1.54, 1.807) is 0 Å². The van der Waals surface area contributed by atoms with Crippen molar-refractivity contribution in [3.63, 3.8) is 0 Å². The second kappa shape index (κ2) is 6.41. The van der Waals surface area contributed by atoms with Crippen molar-refractivity contribution in [2.45, 2.75) is 63.4 Å². The Morgan fingerprint density at radius 3 is 2.67 bits per heavy atom. The summed E-state index contributed by atoms with van der Waals surface area (Å²) in [6.07, 6.45) is 7.49. The molecule has 1 aliphatic carbocycles. The van der Waals surface area contributed by atoms with Gasteiger partial charge in [0.1, 0.15) is 5.82 Å². The van der Waals surface area contributed by atoms with Crippen molar-refractivity contribution in [3.8, 4) is 0 Å². The van der Waals surface area contributed by atoms with Crippen LogP contribution in [-0.2, 0) is 12.2 Å². The molecule has 1 saturated carbocycles. The Bertz CT molecular complexity index is 450. The molecule has 0 aromatic carbocycles. The number of nitrogens with one attached hydrogen (secondary N) is 1. The molecule has 100 valence electrons. The molecule has 1 N–H and O–H groups in total. The molecule has 0 atom stereocenters. The summed E-state index contributed by atoms with van der Waals surface area (Å²) in [5, 5.41) is 0.759. The Balaban J connectivity index is 1.99. The van der Waals surface area contributed by atoms with Crippen LogP contribution in [0.5, 0.6) is 0 Å². The van der Waals surface area contributed by atoms with Crippen molar-refractivity contribution < 1.29 is 0 Å². The number of aryl methyl sites for hydroxylation is 1. The maximum atomic E-state index is 11.8. The molecular weight excluding hydrogens is 244 g/mol. The minimum absolute atomic E-state index is 0.0456. The third-order valence-corrected chi connectivity index (χ3v) is 5.02. The highest BCUT2D eigenvalue weighted by Crippen LogP contribution is 2.29. The molecule has 0 amide bonds. The predicted molar refractivity (Wildman–Crippen MR) is 77.1 cm³/mol. The number of rotatable bonds is 4. The van der Waals surface area contributed by atoms with Crippen molar-refractivity contribution >= 4 is 11.8 Å². The van der Waals surface area contributed by atoms with E-state index >= 15 is 0 Å². The standard InChI is InChI=1S/C14H22N2OS/c1-3-12-10(2)15-13(16-14(12)17)9-18-11-7-5-4-6-8-11/h11H,3-9H2,1-2H3,(H,15,16,17). The van der Waals surface area contributed by atoms with Gasteiger partial charge in [-0.25, -0.2) is 4.98 Å². The first-order valence-electron chi connectivity index (χ1n) is 6.91. The zero-order valence-electron chi connectivity index (χ0n) is 11.3. The number of aromatic nitrogens is 2. The number of nitrogens with zero attached hydrogens (tertiary/aromatic N) is 1. The molecule has 1 fully saturated rings. The molecule has 1 aromatic rings. The molecule has 1 aromatic heterocycles. The van der Waals surface area contributed by atoms with Gasteiger partial charge in [-0.15, -0.1) is 0 Å². The predicted octanol–water partition coefficient (Wildman–Crippen LogP) is 3.21. The van der Waals surface area contributed by atoms with Crippen LogP contribution in [0.1, 0.15) is 56.1 Å². The van der Waals surface area contributed by atoms with Crippen LogP contribution in [0, 0.1) is 6.92 Å². The molecule has 1 aliphatic rings. The maximum Gasteiger partial charge on any atom is 0.254 e. The molecule has 0 spiro atoms. The summed E-state index contributed by atoms with van der Waals surface area (Å²) in [6, 6.07) is 0. The van der Waals surface area contributed by atoms with Crippen molar-refractivity contribution in [2.75, 3.05) is 0 Å². The summed E-state index contributed by atoms with van der Waals surface area (Å²) in [5.41, 5.74) is 1.76. The first kappa shape index (κ1) is 13.7. The number of hydrogen-bond donors (Lipinski definition) is 1. The van der Waals surface area contributed by atoms with E-state index < -0.39 is 0 Å².